The van der Waals surface area contributed by atoms with Crippen LogP contribution in [0.15, 0.2) is 48.8 Å². The topological polar surface area (TPSA) is 81.5 Å². The molecule has 0 bridgehead atoms. The van der Waals surface area contributed by atoms with Crippen molar-refractivity contribution in [1.29, 1.82) is 0 Å². The first-order valence-electron chi connectivity index (χ1n) is 8.44. The van der Waals surface area contributed by atoms with Crippen LogP contribution in [0.1, 0.15) is 41.5 Å². The van der Waals surface area contributed by atoms with E-state index in [9.17, 15) is 14.4 Å². The van der Waals surface area contributed by atoms with Crippen LogP contribution in [0.5, 0.6) is 0 Å². The Balaban J connectivity index is 1.71. The predicted octanol–water partition coefficient (Wildman–Crippen LogP) is 3.62. The smallest absolute Gasteiger partial charge is 0.420 e. The van der Waals surface area contributed by atoms with Gasteiger partial charge < -0.3 is 4.74 Å². The van der Waals surface area contributed by atoms with E-state index >= 15 is 0 Å². The zero-order valence-corrected chi connectivity index (χ0v) is 15.1. The summed E-state index contributed by atoms with van der Waals surface area (Å²) >= 11 is 0. The number of ether oxygens (including phenoxy) is 1. The molecule has 2 heterocycles. The Morgan fingerprint density at radius 3 is 2.22 bits per heavy atom. The molecule has 3 aromatic rings. The zero-order chi connectivity index (χ0) is 19.3. The Kier molecular flexibility index (Phi) is 3.62. The van der Waals surface area contributed by atoms with Crippen molar-refractivity contribution in [1.82, 2.24) is 9.55 Å². The number of fused-ring (bicyclic) bond motifs is 2. The van der Waals surface area contributed by atoms with Crippen molar-refractivity contribution >= 4 is 34.6 Å². The molecule has 27 heavy (non-hydrogen) atoms. The second-order valence-electron chi connectivity index (χ2n) is 7.26. The van der Waals surface area contributed by atoms with E-state index in [0.29, 0.717) is 27.8 Å². The summed E-state index contributed by atoms with van der Waals surface area (Å²) in [5.74, 6) is -0.747. The minimum absolute atomic E-state index is 0.374. The maximum atomic E-state index is 12.6. The first-order chi connectivity index (χ1) is 12.8. The van der Waals surface area contributed by atoms with Crippen LogP contribution in [0, 0.1) is 0 Å². The summed E-state index contributed by atoms with van der Waals surface area (Å²) in [5.41, 5.74) is 1.54. The van der Waals surface area contributed by atoms with E-state index in [-0.39, 0.29) is 11.8 Å². The number of imidazole rings is 1. The van der Waals surface area contributed by atoms with Crippen LogP contribution in [-0.4, -0.2) is 33.1 Å². The van der Waals surface area contributed by atoms with Gasteiger partial charge >= 0.3 is 6.09 Å². The molecular formula is C20H17N3O4. The van der Waals surface area contributed by atoms with Gasteiger partial charge in [0, 0.05) is 0 Å². The highest BCUT2D eigenvalue weighted by Crippen LogP contribution is 2.30. The highest BCUT2D eigenvalue weighted by Gasteiger charge is 2.36. The fraction of sp³-hybridized carbons (Fsp3) is 0.200. The van der Waals surface area contributed by atoms with Crippen molar-refractivity contribution < 1.29 is 19.1 Å². The summed E-state index contributed by atoms with van der Waals surface area (Å²) in [5, 5.41) is 0. The van der Waals surface area contributed by atoms with Gasteiger partial charge in [-0.3, -0.25) is 9.59 Å². The minimum atomic E-state index is -0.631. The van der Waals surface area contributed by atoms with Crippen LogP contribution in [0.25, 0.3) is 11.0 Å². The van der Waals surface area contributed by atoms with Crippen LogP contribution in [0.3, 0.4) is 0 Å². The molecule has 0 aliphatic carbocycles. The Labute approximate surface area is 155 Å². The molecule has 2 amide bonds. The third-order valence-electron chi connectivity index (χ3n) is 4.17. The molecule has 1 aliphatic heterocycles. The number of anilines is 1. The van der Waals surface area contributed by atoms with Crippen LogP contribution in [0.4, 0.5) is 10.5 Å². The van der Waals surface area contributed by atoms with Crippen molar-refractivity contribution in [2.75, 3.05) is 4.90 Å². The van der Waals surface area contributed by atoms with Crippen molar-refractivity contribution in [3.63, 3.8) is 0 Å². The predicted molar refractivity (Wildman–Crippen MR) is 98.9 cm³/mol. The van der Waals surface area contributed by atoms with Gasteiger partial charge in [0.2, 0.25) is 0 Å². The van der Waals surface area contributed by atoms with Crippen LogP contribution < -0.4 is 4.90 Å². The third kappa shape index (κ3) is 2.77. The summed E-state index contributed by atoms with van der Waals surface area (Å²) in [4.78, 5) is 42.9. The summed E-state index contributed by atoms with van der Waals surface area (Å²) < 4.78 is 6.66. The number of carbonyl (C=O) groups is 3. The average Bonchev–Trinajstić information content (AvgIpc) is 3.13. The number of hydrogen-bond donors (Lipinski definition) is 0. The Hall–Kier alpha value is -3.48. The van der Waals surface area contributed by atoms with Crippen LogP contribution in [0.2, 0.25) is 0 Å². The monoisotopic (exact) mass is 363 g/mol. The molecule has 0 N–H and O–H groups in total. The molecule has 136 valence electrons. The lowest BCUT2D eigenvalue weighted by molar-refractivity contribution is 0.0543. The summed E-state index contributed by atoms with van der Waals surface area (Å²) in [6.45, 7) is 5.35. The molecule has 1 aromatic heterocycles. The average molecular weight is 363 g/mol. The Morgan fingerprint density at radius 1 is 1.00 bits per heavy atom. The maximum Gasteiger partial charge on any atom is 0.420 e. The molecule has 0 saturated heterocycles. The van der Waals surface area contributed by atoms with Gasteiger partial charge in [0.25, 0.3) is 11.8 Å². The summed E-state index contributed by atoms with van der Waals surface area (Å²) in [6.07, 6.45) is 0.823. The standard InChI is InChI=1S/C20H17N3O4/c1-20(2,3)27-19(26)22-11-21-15-10-12(8-9-16(15)22)23-17(24)13-6-4-5-7-14(13)18(23)25/h4-11H,1-3H3. The molecule has 1 aliphatic rings. The zero-order valence-electron chi connectivity index (χ0n) is 15.1. The van der Waals surface area contributed by atoms with Gasteiger partial charge in [-0.15, -0.1) is 0 Å². The van der Waals surface area contributed by atoms with Gasteiger partial charge in [-0.05, 0) is 51.1 Å². The largest absolute Gasteiger partial charge is 0.443 e. The molecule has 2 aromatic carbocycles. The van der Waals surface area contributed by atoms with Gasteiger partial charge in [0.1, 0.15) is 11.9 Å². The van der Waals surface area contributed by atoms with Crippen molar-refractivity contribution in [2.24, 2.45) is 0 Å². The fourth-order valence-corrected chi connectivity index (χ4v) is 3.02. The third-order valence-corrected chi connectivity index (χ3v) is 4.17. The lowest BCUT2D eigenvalue weighted by Gasteiger charge is -2.19. The van der Waals surface area contributed by atoms with Gasteiger partial charge in [-0.1, -0.05) is 12.1 Å². The first kappa shape index (κ1) is 17.0. The van der Waals surface area contributed by atoms with E-state index in [2.05, 4.69) is 4.98 Å². The van der Waals surface area contributed by atoms with Gasteiger partial charge in [0.05, 0.1) is 27.8 Å². The van der Waals surface area contributed by atoms with E-state index in [1.54, 1.807) is 63.2 Å². The molecule has 0 spiro atoms. The quantitative estimate of drug-likeness (QED) is 0.617. The number of imide groups is 1. The normalized spacial score (nSPS) is 14.0. The van der Waals surface area contributed by atoms with E-state index in [1.807, 2.05) is 0 Å². The number of nitrogens with zero attached hydrogens (tertiary/aromatic N) is 3. The van der Waals surface area contributed by atoms with Gasteiger partial charge in [0.15, 0.2) is 0 Å². The highest BCUT2D eigenvalue weighted by molar-refractivity contribution is 6.34. The number of carbonyl (C=O) groups excluding carboxylic acids is 3. The van der Waals surface area contributed by atoms with Crippen molar-refractivity contribution in [3.8, 4) is 0 Å². The number of benzene rings is 2. The van der Waals surface area contributed by atoms with Gasteiger partial charge in [-0.25, -0.2) is 19.2 Å². The number of rotatable bonds is 1. The number of hydrogen-bond acceptors (Lipinski definition) is 5. The minimum Gasteiger partial charge on any atom is -0.443 e. The summed E-state index contributed by atoms with van der Waals surface area (Å²) in [6, 6.07) is 11.6. The lowest BCUT2D eigenvalue weighted by atomic mass is 10.1. The number of amides is 2. The molecule has 0 radical (unpaired) electrons. The SMILES string of the molecule is CC(C)(C)OC(=O)n1cnc2cc(N3C(=O)c4ccccc4C3=O)ccc21. The second-order valence-corrected chi connectivity index (χ2v) is 7.26. The number of aromatic nitrogens is 2. The first-order valence-corrected chi connectivity index (χ1v) is 8.44. The molecule has 0 saturated carbocycles. The molecule has 7 nitrogen and oxygen atoms in total. The van der Waals surface area contributed by atoms with Crippen LogP contribution >= 0.6 is 0 Å². The van der Waals surface area contributed by atoms with E-state index in [4.69, 9.17) is 4.74 Å². The maximum absolute atomic E-state index is 12.6. The Morgan fingerprint density at radius 2 is 1.63 bits per heavy atom. The molecule has 0 atom stereocenters. The van der Waals surface area contributed by atoms with E-state index in [0.717, 1.165) is 4.90 Å². The van der Waals surface area contributed by atoms with E-state index in [1.165, 1.54) is 10.9 Å². The summed E-state index contributed by atoms with van der Waals surface area (Å²) in [7, 11) is 0. The Bertz CT molecular complexity index is 1070. The van der Waals surface area contributed by atoms with Crippen molar-refractivity contribution in [3.05, 3.63) is 59.9 Å². The molecule has 0 unspecified atom stereocenters. The molecule has 7 heteroatoms. The molecule has 0 fully saturated rings. The fourth-order valence-electron chi connectivity index (χ4n) is 3.02. The lowest BCUT2D eigenvalue weighted by Crippen LogP contribution is -2.29. The van der Waals surface area contributed by atoms with Crippen molar-refractivity contribution in [2.45, 2.75) is 26.4 Å². The van der Waals surface area contributed by atoms with Gasteiger partial charge in [-0.2, -0.15) is 0 Å². The van der Waals surface area contributed by atoms with E-state index < -0.39 is 11.7 Å². The molecular weight excluding hydrogens is 346 g/mol. The highest BCUT2D eigenvalue weighted by atomic mass is 16.6. The second kappa shape index (κ2) is 5.77. The van der Waals surface area contributed by atoms with Crippen LogP contribution in [-0.2, 0) is 4.74 Å². The molecule has 4 rings (SSSR count).